The molecule has 0 spiro atoms. The summed E-state index contributed by atoms with van der Waals surface area (Å²) >= 11 is 6.34. The molecule has 28 heavy (non-hydrogen) atoms. The monoisotopic (exact) mass is 394 g/mol. The first kappa shape index (κ1) is 19.9. The molecular formula is C23H23ClN2O2. The Labute approximate surface area is 170 Å². The fraction of sp³-hybridized carbons (Fsp3) is 0.174. The summed E-state index contributed by atoms with van der Waals surface area (Å²) in [5.74, 6) is 0.532. The maximum absolute atomic E-state index is 13.1. The molecule has 0 bridgehead atoms. The standard InChI is InChI=1S/C23H23ClN2O2/c1-16(20-13-6-7-14-21(20)24)25-22(17-9-4-3-5-10-17)23(27)26-18-11-8-12-19(15-18)28-2/h3-16,22,25H,1-2H3,(H,26,27)/t16-,22-/m0/s1. The van der Waals surface area contributed by atoms with Gasteiger partial charge in [0.25, 0.3) is 0 Å². The Bertz CT molecular complexity index is 931. The summed E-state index contributed by atoms with van der Waals surface area (Å²) in [4.78, 5) is 13.1. The van der Waals surface area contributed by atoms with Crippen molar-refractivity contribution < 1.29 is 9.53 Å². The third kappa shape index (κ3) is 4.91. The number of ether oxygens (including phenoxy) is 1. The van der Waals surface area contributed by atoms with E-state index in [0.29, 0.717) is 16.5 Å². The first-order chi connectivity index (χ1) is 13.6. The van der Waals surface area contributed by atoms with Gasteiger partial charge in [0.1, 0.15) is 11.8 Å². The van der Waals surface area contributed by atoms with Crippen LogP contribution >= 0.6 is 11.6 Å². The fourth-order valence-electron chi connectivity index (χ4n) is 3.05. The van der Waals surface area contributed by atoms with Crippen LogP contribution in [0.1, 0.15) is 30.1 Å². The largest absolute Gasteiger partial charge is 0.497 e. The van der Waals surface area contributed by atoms with Gasteiger partial charge in [-0.1, -0.05) is 66.2 Å². The molecule has 0 heterocycles. The summed E-state index contributed by atoms with van der Waals surface area (Å²) in [5.41, 5.74) is 2.50. The predicted molar refractivity (Wildman–Crippen MR) is 114 cm³/mol. The van der Waals surface area contributed by atoms with Crippen LogP contribution in [0.15, 0.2) is 78.9 Å². The molecule has 144 valence electrons. The molecule has 3 aromatic carbocycles. The van der Waals surface area contributed by atoms with E-state index in [0.717, 1.165) is 11.1 Å². The number of benzene rings is 3. The van der Waals surface area contributed by atoms with Crippen molar-refractivity contribution in [3.05, 3.63) is 95.0 Å². The zero-order valence-electron chi connectivity index (χ0n) is 15.9. The molecular weight excluding hydrogens is 372 g/mol. The average molecular weight is 395 g/mol. The zero-order valence-corrected chi connectivity index (χ0v) is 16.6. The minimum Gasteiger partial charge on any atom is -0.497 e. The van der Waals surface area contributed by atoms with E-state index in [4.69, 9.17) is 16.3 Å². The molecule has 3 aromatic rings. The van der Waals surface area contributed by atoms with Crippen LogP contribution in [0.5, 0.6) is 5.75 Å². The van der Waals surface area contributed by atoms with E-state index in [9.17, 15) is 4.79 Å². The molecule has 1 amide bonds. The van der Waals surface area contributed by atoms with Crippen LogP contribution in [0.2, 0.25) is 5.02 Å². The lowest BCUT2D eigenvalue weighted by Crippen LogP contribution is -2.34. The Morgan fingerprint density at radius 1 is 0.964 bits per heavy atom. The quantitative estimate of drug-likeness (QED) is 0.565. The van der Waals surface area contributed by atoms with E-state index in [1.54, 1.807) is 13.2 Å². The van der Waals surface area contributed by atoms with Crippen molar-refractivity contribution in [2.45, 2.75) is 19.0 Å². The molecule has 0 fully saturated rings. The number of anilines is 1. The van der Waals surface area contributed by atoms with Gasteiger partial charge in [-0.05, 0) is 36.2 Å². The molecule has 5 heteroatoms. The third-order valence-electron chi connectivity index (χ3n) is 4.52. The lowest BCUT2D eigenvalue weighted by Gasteiger charge is -2.24. The van der Waals surface area contributed by atoms with Crippen LogP contribution in [-0.4, -0.2) is 13.0 Å². The van der Waals surface area contributed by atoms with Gasteiger partial charge in [-0.15, -0.1) is 0 Å². The molecule has 0 aliphatic heterocycles. The molecule has 2 atom stereocenters. The average Bonchev–Trinajstić information content (AvgIpc) is 2.73. The molecule has 0 saturated carbocycles. The minimum atomic E-state index is -0.543. The molecule has 0 saturated heterocycles. The van der Waals surface area contributed by atoms with Crippen LogP contribution in [-0.2, 0) is 4.79 Å². The van der Waals surface area contributed by atoms with Gasteiger partial charge in [0, 0.05) is 22.8 Å². The molecule has 0 unspecified atom stereocenters. The number of nitrogens with one attached hydrogen (secondary N) is 2. The second kappa shape index (κ2) is 9.40. The molecule has 0 aromatic heterocycles. The summed E-state index contributed by atoms with van der Waals surface area (Å²) in [6.07, 6.45) is 0. The number of methoxy groups -OCH3 is 1. The van der Waals surface area contributed by atoms with Gasteiger partial charge < -0.3 is 10.1 Å². The van der Waals surface area contributed by atoms with Crippen molar-refractivity contribution in [3.8, 4) is 5.75 Å². The Kier molecular flexibility index (Phi) is 6.69. The lowest BCUT2D eigenvalue weighted by atomic mass is 10.0. The highest BCUT2D eigenvalue weighted by atomic mass is 35.5. The van der Waals surface area contributed by atoms with Crippen LogP contribution < -0.4 is 15.4 Å². The van der Waals surface area contributed by atoms with Crippen LogP contribution in [0.25, 0.3) is 0 Å². The fourth-order valence-corrected chi connectivity index (χ4v) is 3.35. The zero-order chi connectivity index (χ0) is 19.9. The lowest BCUT2D eigenvalue weighted by molar-refractivity contribution is -0.118. The van der Waals surface area contributed by atoms with Crippen molar-refractivity contribution >= 4 is 23.2 Å². The Morgan fingerprint density at radius 3 is 2.39 bits per heavy atom. The summed E-state index contributed by atoms with van der Waals surface area (Å²) in [6.45, 7) is 2.00. The van der Waals surface area contributed by atoms with E-state index >= 15 is 0 Å². The molecule has 0 radical (unpaired) electrons. The number of amides is 1. The van der Waals surface area contributed by atoms with E-state index < -0.39 is 6.04 Å². The third-order valence-corrected chi connectivity index (χ3v) is 4.86. The number of carbonyl (C=O) groups is 1. The highest BCUT2D eigenvalue weighted by Gasteiger charge is 2.24. The van der Waals surface area contributed by atoms with Gasteiger partial charge in [-0.3, -0.25) is 10.1 Å². The summed E-state index contributed by atoms with van der Waals surface area (Å²) in [7, 11) is 1.60. The number of carbonyl (C=O) groups excluding carboxylic acids is 1. The normalized spacial score (nSPS) is 12.8. The summed E-state index contributed by atoms with van der Waals surface area (Å²) in [6, 6.07) is 23.9. The van der Waals surface area contributed by atoms with Gasteiger partial charge in [0.15, 0.2) is 0 Å². The van der Waals surface area contributed by atoms with Crippen molar-refractivity contribution in [1.29, 1.82) is 0 Å². The summed E-state index contributed by atoms with van der Waals surface area (Å²) < 4.78 is 5.24. The molecule has 4 nitrogen and oxygen atoms in total. The summed E-state index contributed by atoms with van der Waals surface area (Å²) in [5, 5.41) is 7.05. The smallest absolute Gasteiger partial charge is 0.246 e. The van der Waals surface area contributed by atoms with Crippen molar-refractivity contribution in [2.75, 3.05) is 12.4 Å². The number of hydrogen-bond donors (Lipinski definition) is 2. The van der Waals surface area contributed by atoms with Crippen LogP contribution in [0.4, 0.5) is 5.69 Å². The number of rotatable bonds is 7. The minimum absolute atomic E-state index is 0.116. The topological polar surface area (TPSA) is 50.4 Å². The maximum Gasteiger partial charge on any atom is 0.246 e. The first-order valence-corrected chi connectivity index (χ1v) is 9.46. The van der Waals surface area contributed by atoms with Crippen LogP contribution in [0.3, 0.4) is 0 Å². The van der Waals surface area contributed by atoms with E-state index in [2.05, 4.69) is 10.6 Å². The highest BCUT2D eigenvalue weighted by Crippen LogP contribution is 2.26. The van der Waals surface area contributed by atoms with Crippen LogP contribution in [0, 0.1) is 0 Å². The Hall–Kier alpha value is -2.82. The van der Waals surface area contributed by atoms with E-state index in [1.165, 1.54) is 0 Å². The van der Waals surface area contributed by atoms with Gasteiger partial charge in [0.05, 0.1) is 7.11 Å². The number of hydrogen-bond acceptors (Lipinski definition) is 3. The Balaban J connectivity index is 1.84. The first-order valence-electron chi connectivity index (χ1n) is 9.09. The van der Waals surface area contributed by atoms with E-state index in [1.807, 2.05) is 79.7 Å². The van der Waals surface area contributed by atoms with Gasteiger partial charge >= 0.3 is 0 Å². The number of halogens is 1. The van der Waals surface area contributed by atoms with Gasteiger partial charge in [-0.2, -0.15) is 0 Å². The Morgan fingerprint density at radius 2 is 1.68 bits per heavy atom. The molecule has 2 N–H and O–H groups in total. The highest BCUT2D eigenvalue weighted by molar-refractivity contribution is 6.31. The SMILES string of the molecule is COc1cccc(NC(=O)[C@@H](N[C@@H](C)c2ccccc2Cl)c2ccccc2)c1. The molecule has 3 rings (SSSR count). The van der Waals surface area contributed by atoms with Gasteiger partial charge in [-0.25, -0.2) is 0 Å². The van der Waals surface area contributed by atoms with E-state index in [-0.39, 0.29) is 11.9 Å². The van der Waals surface area contributed by atoms with Crippen molar-refractivity contribution in [2.24, 2.45) is 0 Å². The van der Waals surface area contributed by atoms with Crippen molar-refractivity contribution in [3.63, 3.8) is 0 Å². The second-order valence-electron chi connectivity index (χ2n) is 6.47. The predicted octanol–water partition coefficient (Wildman–Crippen LogP) is 5.38. The second-order valence-corrected chi connectivity index (χ2v) is 6.88. The molecule has 0 aliphatic rings. The molecule has 0 aliphatic carbocycles. The maximum atomic E-state index is 13.1. The van der Waals surface area contributed by atoms with Gasteiger partial charge in [0.2, 0.25) is 5.91 Å². The van der Waals surface area contributed by atoms with Crippen molar-refractivity contribution in [1.82, 2.24) is 5.32 Å².